The van der Waals surface area contributed by atoms with Gasteiger partial charge in [0, 0.05) is 6.54 Å². The monoisotopic (exact) mass is 274 g/mol. The van der Waals surface area contributed by atoms with Crippen LogP contribution in [0.4, 0.5) is 0 Å². The minimum atomic E-state index is -0.831. The first-order valence-corrected chi connectivity index (χ1v) is 6.91. The molecular weight excluding hydrogens is 252 g/mol. The van der Waals surface area contributed by atoms with Crippen LogP contribution in [0.2, 0.25) is 0 Å². The second kappa shape index (κ2) is 4.93. The Morgan fingerprint density at radius 1 is 1.15 bits per heavy atom. The van der Waals surface area contributed by atoms with E-state index in [9.17, 15) is 9.59 Å². The Kier molecular flexibility index (Phi) is 3.59. The van der Waals surface area contributed by atoms with Gasteiger partial charge in [0.15, 0.2) is 0 Å². The fourth-order valence-electron chi connectivity index (χ4n) is 2.71. The van der Waals surface area contributed by atoms with E-state index < -0.39 is 11.6 Å². The van der Waals surface area contributed by atoms with E-state index in [-0.39, 0.29) is 11.8 Å². The summed E-state index contributed by atoms with van der Waals surface area (Å²) in [6.07, 6.45) is 0. The molecule has 0 bridgehead atoms. The zero-order chi connectivity index (χ0) is 15.1. The number of hydrogen-bond acceptors (Lipinski definition) is 2. The number of nitrogens with zero attached hydrogens (tertiary/aromatic N) is 1. The van der Waals surface area contributed by atoms with Gasteiger partial charge in [-0.15, -0.1) is 0 Å². The molecule has 20 heavy (non-hydrogen) atoms. The molecule has 1 fully saturated rings. The highest BCUT2D eigenvalue weighted by molar-refractivity contribution is 5.99. The first-order valence-electron chi connectivity index (χ1n) is 6.91. The molecule has 1 heterocycles. The molecule has 1 aromatic carbocycles. The van der Waals surface area contributed by atoms with Crippen molar-refractivity contribution in [2.45, 2.75) is 52.7 Å². The molecule has 0 saturated carbocycles. The van der Waals surface area contributed by atoms with Crippen molar-refractivity contribution in [3.05, 3.63) is 34.9 Å². The quantitative estimate of drug-likeness (QED) is 0.896. The van der Waals surface area contributed by atoms with Gasteiger partial charge in [-0.3, -0.25) is 9.59 Å². The summed E-state index contributed by atoms with van der Waals surface area (Å²) in [6.45, 7) is 9.80. The van der Waals surface area contributed by atoms with Crippen molar-refractivity contribution in [3.63, 3.8) is 0 Å². The van der Waals surface area contributed by atoms with Gasteiger partial charge in [-0.25, -0.2) is 0 Å². The number of amides is 2. The molecule has 2 rings (SSSR count). The third kappa shape index (κ3) is 2.69. The second-order valence-electron chi connectivity index (χ2n) is 6.22. The summed E-state index contributed by atoms with van der Waals surface area (Å²) in [6, 6.07) is 5.79. The van der Waals surface area contributed by atoms with Gasteiger partial charge in [0.25, 0.3) is 0 Å². The number of carbonyl (C=O) groups is 2. The van der Waals surface area contributed by atoms with Crippen LogP contribution in [0.15, 0.2) is 18.2 Å². The normalized spacial score (nSPS) is 21.9. The van der Waals surface area contributed by atoms with Crippen LogP contribution in [0.1, 0.15) is 37.5 Å². The summed E-state index contributed by atoms with van der Waals surface area (Å²) in [4.78, 5) is 26.1. The predicted octanol–water partition coefficient (Wildman–Crippen LogP) is 1.93. The van der Waals surface area contributed by atoms with Gasteiger partial charge in [-0.2, -0.15) is 0 Å². The van der Waals surface area contributed by atoms with E-state index >= 15 is 0 Å². The topological polar surface area (TPSA) is 49.4 Å². The van der Waals surface area contributed by atoms with E-state index in [1.807, 2.05) is 13.8 Å². The van der Waals surface area contributed by atoms with E-state index in [4.69, 9.17) is 0 Å². The number of carbonyl (C=O) groups excluding carboxylic acids is 2. The maximum Gasteiger partial charge on any atom is 0.248 e. The van der Waals surface area contributed by atoms with E-state index in [0.29, 0.717) is 6.54 Å². The summed E-state index contributed by atoms with van der Waals surface area (Å²) in [5.41, 5.74) is 2.57. The maximum absolute atomic E-state index is 12.5. The van der Waals surface area contributed by atoms with Crippen LogP contribution in [0.3, 0.4) is 0 Å². The zero-order valence-corrected chi connectivity index (χ0v) is 12.8. The first kappa shape index (κ1) is 14.6. The lowest BCUT2D eigenvalue weighted by Gasteiger charge is -2.41. The Labute approximate surface area is 120 Å². The van der Waals surface area contributed by atoms with Crippen LogP contribution < -0.4 is 5.32 Å². The van der Waals surface area contributed by atoms with Crippen molar-refractivity contribution in [2.75, 3.05) is 0 Å². The highest BCUT2D eigenvalue weighted by Crippen LogP contribution is 2.21. The Morgan fingerprint density at radius 2 is 1.70 bits per heavy atom. The molecule has 1 aliphatic rings. The molecule has 4 nitrogen and oxygen atoms in total. The summed E-state index contributed by atoms with van der Waals surface area (Å²) < 4.78 is 0. The van der Waals surface area contributed by atoms with Crippen LogP contribution in [-0.2, 0) is 16.1 Å². The number of benzene rings is 1. The van der Waals surface area contributed by atoms with Crippen molar-refractivity contribution >= 4 is 11.8 Å². The Bertz CT molecular complexity index is 543. The van der Waals surface area contributed by atoms with E-state index in [0.717, 1.165) is 5.56 Å². The molecule has 108 valence electrons. The van der Waals surface area contributed by atoms with Crippen molar-refractivity contribution in [2.24, 2.45) is 0 Å². The molecule has 4 heteroatoms. The molecule has 0 spiro atoms. The summed E-state index contributed by atoms with van der Waals surface area (Å²) >= 11 is 0. The molecule has 1 saturated heterocycles. The molecule has 2 amide bonds. The van der Waals surface area contributed by atoms with Crippen LogP contribution in [0, 0.1) is 13.8 Å². The molecule has 1 unspecified atom stereocenters. The Morgan fingerprint density at radius 3 is 2.25 bits per heavy atom. The van der Waals surface area contributed by atoms with Gasteiger partial charge in [-0.1, -0.05) is 29.3 Å². The lowest BCUT2D eigenvalue weighted by molar-refractivity contribution is -0.153. The molecule has 0 radical (unpaired) electrons. The van der Waals surface area contributed by atoms with E-state index in [2.05, 4.69) is 23.5 Å². The first-order chi connectivity index (χ1) is 9.20. The summed E-state index contributed by atoms with van der Waals surface area (Å²) in [5, 5.41) is 2.76. The van der Waals surface area contributed by atoms with Gasteiger partial charge >= 0.3 is 0 Å². The highest BCUT2D eigenvalue weighted by atomic mass is 16.2. The minimum absolute atomic E-state index is 0.0382. The van der Waals surface area contributed by atoms with E-state index in [1.165, 1.54) is 11.1 Å². The number of rotatable bonds is 2. The second-order valence-corrected chi connectivity index (χ2v) is 6.22. The smallest absolute Gasteiger partial charge is 0.248 e. The van der Waals surface area contributed by atoms with Gasteiger partial charge in [0.2, 0.25) is 11.8 Å². The Hall–Kier alpha value is -1.84. The fraction of sp³-hybridized carbons (Fsp3) is 0.500. The van der Waals surface area contributed by atoms with Gasteiger partial charge < -0.3 is 10.2 Å². The third-order valence-electron chi connectivity index (χ3n) is 3.71. The number of hydrogen-bond donors (Lipinski definition) is 1. The lowest BCUT2D eigenvalue weighted by atomic mass is 9.96. The lowest BCUT2D eigenvalue weighted by Crippen LogP contribution is -2.66. The molecule has 1 N–H and O–H groups in total. The SMILES string of the molecule is Cc1cc(C)cc(CN2C(=O)C(C)(C)NC(=O)C2C)c1. The van der Waals surface area contributed by atoms with Crippen molar-refractivity contribution in [1.82, 2.24) is 10.2 Å². The molecular formula is C16H22N2O2. The molecule has 0 aliphatic carbocycles. The summed E-state index contributed by atoms with van der Waals surface area (Å²) in [7, 11) is 0. The van der Waals surface area contributed by atoms with Crippen molar-refractivity contribution in [1.29, 1.82) is 0 Å². The molecule has 1 aliphatic heterocycles. The van der Waals surface area contributed by atoms with Crippen LogP contribution >= 0.6 is 0 Å². The number of aryl methyl sites for hydroxylation is 2. The average Bonchev–Trinajstić information content (AvgIpc) is 2.31. The number of piperazine rings is 1. The third-order valence-corrected chi connectivity index (χ3v) is 3.71. The van der Waals surface area contributed by atoms with Crippen LogP contribution in [0.5, 0.6) is 0 Å². The molecule has 0 aromatic heterocycles. The predicted molar refractivity (Wildman–Crippen MR) is 78.1 cm³/mol. The van der Waals surface area contributed by atoms with Crippen molar-refractivity contribution in [3.8, 4) is 0 Å². The van der Waals surface area contributed by atoms with Crippen LogP contribution in [-0.4, -0.2) is 28.3 Å². The minimum Gasteiger partial charge on any atom is -0.340 e. The number of nitrogens with one attached hydrogen (secondary N) is 1. The van der Waals surface area contributed by atoms with Gasteiger partial charge in [0.1, 0.15) is 11.6 Å². The van der Waals surface area contributed by atoms with Crippen molar-refractivity contribution < 1.29 is 9.59 Å². The fourth-order valence-corrected chi connectivity index (χ4v) is 2.71. The van der Waals surface area contributed by atoms with E-state index in [1.54, 1.807) is 25.7 Å². The summed E-state index contributed by atoms with van der Waals surface area (Å²) in [5.74, 6) is -0.136. The largest absolute Gasteiger partial charge is 0.340 e. The highest BCUT2D eigenvalue weighted by Gasteiger charge is 2.43. The zero-order valence-electron chi connectivity index (χ0n) is 12.8. The van der Waals surface area contributed by atoms with Gasteiger partial charge in [0.05, 0.1) is 0 Å². The maximum atomic E-state index is 12.5. The Balaban J connectivity index is 2.30. The average molecular weight is 274 g/mol. The van der Waals surface area contributed by atoms with Gasteiger partial charge in [-0.05, 0) is 40.2 Å². The standard InChI is InChI=1S/C16H22N2O2/c1-10-6-11(2)8-13(7-10)9-18-12(3)14(19)17-16(4,5)15(18)20/h6-8,12H,9H2,1-5H3,(H,17,19). The molecule has 1 aromatic rings. The molecule has 1 atom stereocenters. The van der Waals surface area contributed by atoms with Crippen LogP contribution in [0.25, 0.3) is 0 Å².